The second-order valence-corrected chi connectivity index (χ2v) is 6.57. The van der Waals surface area contributed by atoms with E-state index in [2.05, 4.69) is 15.9 Å². The summed E-state index contributed by atoms with van der Waals surface area (Å²) >= 11 is 0. The Balaban J connectivity index is 1.48. The summed E-state index contributed by atoms with van der Waals surface area (Å²) in [6.07, 6.45) is 1.77. The van der Waals surface area contributed by atoms with Crippen molar-refractivity contribution in [3.63, 3.8) is 0 Å². The molecule has 0 aliphatic carbocycles. The fourth-order valence-electron chi connectivity index (χ4n) is 3.54. The lowest BCUT2D eigenvalue weighted by Crippen LogP contribution is -2.46. The minimum atomic E-state index is -0.842. The number of benzene rings is 2. The number of piperazine rings is 1. The molecule has 0 aromatic heterocycles. The van der Waals surface area contributed by atoms with Crippen LogP contribution in [-0.2, 0) is 6.42 Å². The molecular weight excluding hydrogens is 328 g/mol. The van der Waals surface area contributed by atoms with Gasteiger partial charge in [0, 0.05) is 26.2 Å². The summed E-state index contributed by atoms with van der Waals surface area (Å²) < 4.78 is 5.47. The van der Waals surface area contributed by atoms with Crippen molar-refractivity contribution in [2.75, 3.05) is 44.7 Å². The molecule has 1 N–H and O–H groups in total. The predicted molar refractivity (Wildman–Crippen MR) is 103 cm³/mol. The number of aryl methyl sites for hydroxylation is 1. The number of para-hydroxylation sites is 2. The molecule has 0 unspecified atom stereocenters. The summed E-state index contributed by atoms with van der Waals surface area (Å²) in [5.74, 6) is 0.0808. The first-order chi connectivity index (χ1) is 12.7. The quantitative estimate of drug-likeness (QED) is 0.828. The number of anilines is 1. The SMILES string of the molecule is COc1ccccc1N1CCN(CCCc2ccccc2C(=O)O)CC1. The molecule has 1 aliphatic heterocycles. The van der Waals surface area contributed by atoms with E-state index in [0.29, 0.717) is 5.56 Å². The molecule has 26 heavy (non-hydrogen) atoms. The number of ether oxygens (including phenoxy) is 1. The molecular formula is C21H26N2O3. The van der Waals surface area contributed by atoms with Crippen LogP contribution in [0.15, 0.2) is 48.5 Å². The zero-order valence-corrected chi connectivity index (χ0v) is 15.2. The average Bonchev–Trinajstić information content (AvgIpc) is 2.69. The number of hydrogen-bond acceptors (Lipinski definition) is 4. The maximum atomic E-state index is 11.3. The third kappa shape index (κ3) is 4.35. The van der Waals surface area contributed by atoms with Crippen molar-refractivity contribution in [1.82, 2.24) is 4.90 Å². The van der Waals surface area contributed by atoms with E-state index in [1.807, 2.05) is 30.3 Å². The first-order valence-corrected chi connectivity index (χ1v) is 9.10. The zero-order valence-electron chi connectivity index (χ0n) is 15.2. The smallest absolute Gasteiger partial charge is 0.335 e. The predicted octanol–water partition coefficient (Wildman–Crippen LogP) is 3.15. The number of carboxylic acids is 1. The summed E-state index contributed by atoms with van der Waals surface area (Å²) in [6.45, 7) is 4.98. The van der Waals surface area contributed by atoms with Crippen LogP contribution in [0.2, 0.25) is 0 Å². The Kier molecular flexibility index (Phi) is 6.12. The second-order valence-electron chi connectivity index (χ2n) is 6.57. The average molecular weight is 354 g/mol. The molecule has 0 atom stereocenters. The summed E-state index contributed by atoms with van der Waals surface area (Å²) in [5.41, 5.74) is 2.51. The summed E-state index contributed by atoms with van der Waals surface area (Å²) in [6, 6.07) is 15.4. The molecule has 0 saturated carbocycles. The fourth-order valence-corrected chi connectivity index (χ4v) is 3.54. The molecule has 5 nitrogen and oxygen atoms in total. The van der Waals surface area contributed by atoms with Gasteiger partial charge in [-0.25, -0.2) is 4.79 Å². The van der Waals surface area contributed by atoms with Gasteiger partial charge in [-0.1, -0.05) is 30.3 Å². The van der Waals surface area contributed by atoms with Gasteiger partial charge in [-0.3, -0.25) is 4.90 Å². The Morgan fingerprint density at radius 2 is 1.73 bits per heavy atom. The highest BCUT2D eigenvalue weighted by atomic mass is 16.5. The lowest BCUT2D eigenvalue weighted by atomic mass is 10.0. The summed E-state index contributed by atoms with van der Waals surface area (Å²) in [4.78, 5) is 16.1. The van der Waals surface area contributed by atoms with E-state index in [9.17, 15) is 9.90 Å². The van der Waals surface area contributed by atoms with E-state index in [-0.39, 0.29) is 0 Å². The maximum Gasteiger partial charge on any atom is 0.335 e. The molecule has 138 valence electrons. The first-order valence-electron chi connectivity index (χ1n) is 9.10. The van der Waals surface area contributed by atoms with Gasteiger partial charge in [-0.2, -0.15) is 0 Å². The molecule has 2 aromatic rings. The topological polar surface area (TPSA) is 53.0 Å². The Morgan fingerprint density at radius 1 is 1.04 bits per heavy atom. The van der Waals surface area contributed by atoms with Gasteiger partial charge in [0.25, 0.3) is 0 Å². The van der Waals surface area contributed by atoms with Crippen molar-refractivity contribution in [1.29, 1.82) is 0 Å². The van der Waals surface area contributed by atoms with Gasteiger partial charge in [0.05, 0.1) is 18.4 Å². The van der Waals surface area contributed by atoms with Crippen molar-refractivity contribution >= 4 is 11.7 Å². The van der Waals surface area contributed by atoms with Crippen LogP contribution in [0.3, 0.4) is 0 Å². The highest BCUT2D eigenvalue weighted by molar-refractivity contribution is 5.89. The Hall–Kier alpha value is -2.53. The highest BCUT2D eigenvalue weighted by Crippen LogP contribution is 2.28. The molecule has 0 radical (unpaired) electrons. The largest absolute Gasteiger partial charge is 0.495 e. The van der Waals surface area contributed by atoms with Crippen LogP contribution in [0.5, 0.6) is 5.75 Å². The molecule has 0 amide bonds. The molecule has 1 aliphatic rings. The molecule has 1 heterocycles. The van der Waals surface area contributed by atoms with E-state index in [0.717, 1.165) is 62.6 Å². The van der Waals surface area contributed by atoms with Crippen molar-refractivity contribution in [3.05, 3.63) is 59.7 Å². The van der Waals surface area contributed by atoms with Gasteiger partial charge in [0.1, 0.15) is 5.75 Å². The van der Waals surface area contributed by atoms with Crippen molar-refractivity contribution in [2.24, 2.45) is 0 Å². The minimum Gasteiger partial charge on any atom is -0.495 e. The number of carboxylic acid groups (broad SMARTS) is 1. The normalized spacial score (nSPS) is 15.0. The standard InChI is InChI=1S/C21H26N2O3/c1-26-20-11-5-4-10-19(20)23-15-13-22(14-16-23)12-6-8-17-7-2-3-9-18(17)21(24)25/h2-5,7,9-11H,6,8,12-16H2,1H3,(H,24,25). The van der Waals surface area contributed by atoms with Gasteiger partial charge >= 0.3 is 5.97 Å². The van der Waals surface area contributed by atoms with Gasteiger partial charge in [-0.15, -0.1) is 0 Å². The lowest BCUT2D eigenvalue weighted by molar-refractivity contribution is 0.0695. The van der Waals surface area contributed by atoms with E-state index in [4.69, 9.17) is 4.74 Å². The first kappa shape index (κ1) is 18.3. The third-order valence-electron chi connectivity index (χ3n) is 4.97. The van der Waals surface area contributed by atoms with Crippen LogP contribution in [0.25, 0.3) is 0 Å². The number of nitrogens with zero attached hydrogens (tertiary/aromatic N) is 2. The van der Waals surface area contributed by atoms with E-state index in [1.54, 1.807) is 19.2 Å². The molecule has 3 rings (SSSR count). The molecule has 1 fully saturated rings. The van der Waals surface area contributed by atoms with E-state index < -0.39 is 5.97 Å². The Bertz CT molecular complexity index is 740. The highest BCUT2D eigenvalue weighted by Gasteiger charge is 2.19. The zero-order chi connectivity index (χ0) is 18.4. The number of rotatable bonds is 7. The minimum absolute atomic E-state index is 0.425. The third-order valence-corrected chi connectivity index (χ3v) is 4.97. The van der Waals surface area contributed by atoms with Crippen LogP contribution in [0.4, 0.5) is 5.69 Å². The fraction of sp³-hybridized carbons (Fsp3) is 0.381. The monoisotopic (exact) mass is 354 g/mol. The summed E-state index contributed by atoms with van der Waals surface area (Å²) in [7, 11) is 1.71. The second kappa shape index (κ2) is 8.72. The molecule has 0 bridgehead atoms. The number of hydrogen-bond donors (Lipinski definition) is 1. The lowest BCUT2D eigenvalue weighted by Gasteiger charge is -2.36. The van der Waals surface area contributed by atoms with Crippen LogP contribution in [-0.4, -0.2) is 55.8 Å². The van der Waals surface area contributed by atoms with Crippen molar-refractivity contribution in [3.8, 4) is 5.75 Å². The molecule has 5 heteroatoms. The van der Waals surface area contributed by atoms with Crippen LogP contribution in [0.1, 0.15) is 22.3 Å². The Labute approximate surface area is 154 Å². The van der Waals surface area contributed by atoms with Gasteiger partial charge < -0.3 is 14.7 Å². The molecule has 1 saturated heterocycles. The van der Waals surface area contributed by atoms with Crippen molar-refractivity contribution < 1.29 is 14.6 Å². The Morgan fingerprint density at radius 3 is 2.46 bits per heavy atom. The van der Waals surface area contributed by atoms with E-state index in [1.165, 1.54) is 0 Å². The van der Waals surface area contributed by atoms with Gasteiger partial charge in [-0.05, 0) is 43.1 Å². The van der Waals surface area contributed by atoms with Gasteiger partial charge in [0.2, 0.25) is 0 Å². The van der Waals surface area contributed by atoms with Crippen LogP contribution < -0.4 is 9.64 Å². The van der Waals surface area contributed by atoms with Crippen LogP contribution >= 0.6 is 0 Å². The van der Waals surface area contributed by atoms with E-state index >= 15 is 0 Å². The molecule has 0 spiro atoms. The van der Waals surface area contributed by atoms with Crippen molar-refractivity contribution in [2.45, 2.75) is 12.8 Å². The van der Waals surface area contributed by atoms with Crippen LogP contribution in [0, 0.1) is 0 Å². The number of methoxy groups -OCH3 is 1. The number of aromatic carboxylic acids is 1. The molecule has 2 aromatic carbocycles. The maximum absolute atomic E-state index is 11.3. The van der Waals surface area contributed by atoms with Gasteiger partial charge in [0.15, 0.2) is 0 Å². The number of carbonyl (C=O) groups is 1. The summed E-state index contributed by atoms with van der Waals surface area (Å²) in [5, 5.41) is 9.27.